The van der Waals surface area contributed by atoms with Crippen molar-refractivity contribution >= 4 is 40.1 Å². The zero-order valence-corrected chi connectivity index (χ0v) is 16.1. The lowest BCUT2D eigenvalue weighted by molar-refractivity contribution is 0.0697. The van der Waals surface area contributed by atoms with E-state index in [1.165, 1.54) is 11.3 Å². The van der Waals surface area contributed by atoms with Crippen LogP contribution in [0.15, 0.2) is 65.8 Å². The largest absolute Gasteiger partial charge is 0.487 e. The Balaban J connectivity index is 1.69. The third-order valence-electron chi connectivity index (χ3n) is 4.11. The van der Waals surface area contributed by atoms with E-state index in [1.54, 1.807) is 24.2 Å². The maximum absolute atomic E-state index is 11.7. The molecule has 0 aliphatic carbocycles. The first-order valence-corrected chi connectivity index (χ1v) is 10.2. The number of fused-ring (bicyclic) bond motifs is 1. The van der Waals surface area contributed by atoms with Gasteiger partial charge >= 0.3 is 5.97 Å². The first-order chi connectivity index (χ1) is 13.2. The maximum atomic E-state index is 11.7. The van der Waals surface area contributed by atoms with E-state index in [1.807, 2.05) is 59.4 Å². The Kier molecular flexibility index (Phi) is 4.87. The van der Waals surface area contributed by atoms with Crippen molar-refractivity contribution in [1.82, 2.24) is 9.55 Å². The van der Waals surface area contributed by atoms with Crippen LogP contribution in [0.4, 0.5) is 0 Å². The number of carbonyl (C=O) groups is 1. The lowest BCUT2D eigenvalue weighted by Gasteiger charge is -2.05. The number of nitrogens with zero attached hydrogens (tertiary/aromatic N) is 2. The summed E-state index contributed by atoms with van der Waals surface area (Å²) in [5.41, 5.74) is 2.79. The molecule has 0 saturated carbocycles. The molecule has 1 N–H and O–H groups in total. The highest BCUT2D eigenvalue weighted by atomic mass is 32.2. The third kappa shape index (κ3) is 3.56. The van der Waals surface area contributed by atoms with Gasteiger partial charge in [-0.25, -0.2) is 9.78 Å². The van der Waals surface area contributed by atoms with Crippen molar-refractivity contribution in [2.75, 3.05) is 6.26 Å². The van der Waals surface area contributed by atoms with Crippen LogP contribution in [0.25, 0.3) is 16.0 Å². The van der Waals surface area contributed by atoms with E-state index in [-0.39, 0.29) is 4.88 Å². The van der Waals surface area contributed by atoms with Gasteiger partial charge in [-0.2, -0.15) is 0 Å². The van der Waals surface area contributed by atoms with Gasteiger partial charge in [0.1, 0.15) is 23.7 Å². The molecule has 0 aliphatic heterocycles. The molecule has 0 aliphatic rings. The van der Waals surface area contributed by atoms with Crippen LogP contribution in [0.5, 0.6) is 5.75 Å². The van der Waals surface area contributed by atoms with Crippen LogP contribution >= 0.6 is 23.1 Å². The van der Waals surface area contributed by atoms with Crippen molar-refractivity contribution < 1.29 is 14.6 Å². The molecule has 27 heavy (non-hydrogen) atoms. The zero-order valence-electron chi connectivity index (χ0n) is 14.5. The van der Waals surface area contributed by atoms with E-state index in [2.05, 4.69) is 4.98 Å². The van der Waals surface area contributed by atoms with Crippen molar-refractivity contribution in [3.63, 3.8) is 0 Å². The average molecular weight is 396 g/mol. The van der Waals surface area contributed by atoms with Gasteiger partial charge in [-0.15, -0.1) is 23.1 Å². The summed E-state index contributed by atoms with van der Waals surface area (Å²) < 4.78 is 7.70. The van der Waals surface area contributed by atoms with Gasteiger partial charge in [0.05, 0.1) is 11.0 Å². The fraction of sp³-hybridized carbons (Fsp3) is 0.100. The second kappa shape index (κ2) is 7.46. The van der Waals surface area contributed by atoms with Crippen LogP contribution in [-0.2, 0) is 6.61 Å². The Morgan fingerprint density at radius 2 is 2.04 bits per heavy atom. The molecule has 4 rings (SSSR count). The number of thioether (sulfide) groups is 1. The number of ether oxygens (including phenoxy) is 1. The standard InChI is InChI=1S/C20H16N2O3S2/c1-26-14-7-8-16-15(9-14)21-12-22(16)18-10-17(19(27-18)20(23)24)25-11-13-5-3-2-4-6-13/h2-10,12H,11H2,1H3,(H,23,24). The topological polar surface area (TPSA) is 64.4 Å². The predicted octanol–water partition coefficient (Wildman–Crippen LogP) is 5.09. The minimum Gasteiger partial charge on any atom is -0.487 e. The molecular formula is C20H16N2O3S2. The van der Waals surface area contributed by atoms with E-state index >= 15 is 0 Å². The molecule has 0 amide bonds. The van der Waals surface area contributed by atoms with Crippen LogP contribution < -0.4 is 4.74 Å². The summed E-state index contributed by atoms with van der Waals surface area (Å²) in [7, 11) is 0. The highest BCUT2D eigenvalue weighted by molar-refractivity contribution is 7.98. The van der Waals surface area contributed by atoms with E-state index in [0.29, 0.717) is 12.4 Å². The Morgan fingerprint density at radius 3 is 2.78 bits per heavy atom. The molecule has 4 aromatic rings. The normalized spacial score (nSPS) is 11.0. The molecule has 0 radical (unpaired) electrons. The lowest BCUT2D eigenvalue weighted by Crippen LogP contribution is -1.99. The van der Waals surface area contributed by atoms with E-state index in [4.69, 9.17) is 4.74 Å². The minimum atomic E-state index is -0.997. The monoisotopic (exact) mass is 396 g/mol. The summed E-state index contributed by atoms with van der Waals surface area (Å²) in [6.07, 6.45) is 3.74. The van der Waals surface area contributed by atoms with Crippen molar-refractivity contribution in [2.24, 2.45) is 0 Å². The predicted molar refractivity (Wildman–Crippen MR) is 108 cm³/mol. The SMILES string of the molecule is CSc1ccc2c(c1)ncn2-c1cc(OCc2ccccc2)c(C(=O)O)s1. The number of aromatic nitrogens is 2. The molecule has 0 bridgehead atoms. The first kappa shape index (κ1) is 17.6. The van der Waals surface area contributed by atoms with Gasteiger partial charge in [0.15, 0.2) is 4.88 Å². The number of imidazole rings is 1. The van der Waals surface area contributed by atoms with Crippen molar-refractivity contribution in [2.45, 2.75) is 11.5 Å². The van der Waals surface area contributed by atoms with Crippen molar-refractivity contribution in [1.29, 1.82) is 0 Å². The van der Waals surface area contributed by atoms with Crippen molar-refractivity contribution in [3.8, 4) is 10.8 Å². The highest BCUT2D eigenvalue weighted by Crippen LogP contribution is 2.34. The quantitative estimate of drug-likeness (QED) is 0.460. The van der Waals surface area contributed by atoms with Crippen LogP contribution in [-0.4, -0.2) is 26.9 Å². The van der Waals surface area contributed by atoms with Crippen molar-refractivity contribution in [3.05, 3.63) is 71.4 Å². The third-order valence-corrected chi connectivity index (χ3v) is 5.94. The van der Waals surface area contributed by atoms with Crippen LogP contribution in [0.1, 0.15) is 15.2 Å². The molecule has 0 atom stereocenters. The van der Waals surface area contributed by atoms with Crippen LogP contribution in [0, 0.1) is 0 Å². The highest BCUT2D eigenvalue weighted by Gasteiger charge is 2.19. The number of aromatic carboxylic acids is 1. The van der Waals surface area contributed by atoms with Gasteiger partial charge in [-0.1, -0.05) is 30.3 Å². The number of carboxylic acid groups (broad SMARTS) is 1. The summed E-state index contributed by atoms with van der Waals surface area (Å²) in [4.78, 5) is 17.4. The second-order valence-corrected chi connectivity index (χ2v) is 7.74. The molecule has 2 aromatic heterocycles. The molecule has 5 nitrogen and oxygen atoms in total. The maximum Gasteiger partial charge on any atom is 0.349 e. The van der Waals surface area contributed by atoms with Crippen LogP contribution in [0.2, 0.25) is 0 Å². The van der Waals surface area contributed by atoms with Gasteiger partial charge in [0.25, 0.3) is 0 Å². The Bertz CT molecular complexity index is 1100. The number of rotatable bonds is 6. The Morgan fingerprint density at radius 1 is 1.22 bits per heavy atom. The Hall–Kier alpha value is -2.77. The van der Waals surface area contributed by atoms with E-state index < -0.39 is 5.97 Å². The number of hydrogen-bond acceptors (Lipinski definition) is 5. The fourth-order valence-corrected chi connectivity index (χ4v) is 4.13. The summed E-state index contributed by atoms with van der Waals surface area (Å²) >= 11 is 2.84. The molecule has 136 valence electrons. The molecule has 0 unspecified atom stereocenters. The number of carboxylic acids is 1. The van der Waals surface area contributed by atoms with Gasteiger partial charge < -0.3 is 9.84 Å². The van der Waals surface area contributed by atoms with E-state index in [9.17, 15) is 9.90 Å². The number of hydrogen-bond donors (Lipinski definition) is 1. The van der Waals surface area contributed by atoms with Gasteiger partial charge in [-0.05, 0) is 30.0 Å². The summed E-state index contributed by atoms with van der Waals surface area (Å²) in [5, 5.41) is 10.3. The molecule has 0 saturated heterocycles. The Labute approximate surface area is 164 Å². The molecule has 2 heterocycles. The number of thiophene rings is 1. The smallest absolute Gasteiger partial charge is 0.349 e. The first-order valence-electron chi connectivity index (χ1n) is 8.21. The van der Waals surface area contributed by atoms with E-state index in [0.717, 1.165) is 26.5 Å². The molecular weight excluding hydrogens is 380 g/mol. The minimum absolute atomic E-state index is 0.184. The second-order valence-electron chi connectivity index (χ2n) is 5.83. The molecule has 0 fully saturated rings. The average Bonchev–Trinajstić information content (AvgIpc) is 3.30. The number of benzene rings is 2. The lowest BCUT2D eigenvalue weighted by atomic mass is 10.2. The van der Waals surface area contributed by atoms with Crippen LogP contribution in [0.3, 0.4) is 0 Å². The van der Waals surface area contributed by atoms with Gasteiger partial charge in [-0.3, -0.25) is 4.57 Å². The van der Waals surface area contributed by atoms with Gasteiger partial charge in [0.2, 0.25) is 0 Å². The summed E-state index contributed by atoms with van der Waals surface area (Å²) in [6, 6.07) is 17.5. The fourth-order valence-electron chi connectivity index (χ4n) is 2.77. The summed E-state index contributed by atoms with van der Waals surface area (Å²) in [5.74, 6) is -0.627. The molecule has 0 spiro atoms. The summed E-state index contributed by atoms with van der Waals surface area (Å²) in [6.45, 7) is 0.319. The molecule has 7 heteroatoms. The zero-order chi connectivity index (χ0) is 18.8. The van der Waals surface area contributed by atoms with Gasteiger partial charge in [0, 0.05) is 11.0 Å². The molecule has 2 aromatic carbocycles.